The molecular weight excluding hydrogens is 314 g/mol. The maximum absolute atomic E-state index is 12.5. The Balaban J connectivity index is 1.64. The van der Waals surface area contributed by atoms with E-state index in [0.717, 1.165) is 48.6 Å². The van der Waals surface area contributed by atoms with Crippen molar-refractivity contribution < 1.29 is 9.32 Å². The van der Waals surface area contributed by atoms with E-state index in [-0.39, 0.29) is 12.1 Å². The lowest BCUT2D eigenvalue weighted by Gasteiger charge is -2.22. The van der Waals surface area contributed by atoms with Gasteiger partial charge >= 0.3 is 6.03 Å². The largest absolute Gasteiger partial charge is 0.359 e. The van der Waals surface area contributed by atoms with Gasteiger partial charge in [-0.25, -0.2) is 4.79 Å². The zero-order valence-electron chi connectivity index (χ0n) is 13.4. The van der Waals surface area contributed by atoms with E-state index in [1.54, 1.807) is 4.90 Å². The van der Waals surface area contributed by atoms with Crippen LogP contribution in [0.1, 0.15) is 55.1 Å². The fraction of sp³-hybridized carbons (Fsp3) is 0.600. The number of aromatic nitrogens is 3. The Hall–Kier alpha value is -1.96. The standard InChI is InChI=1S/C15H21N5O2S/c1-3-4-7-13-17-18-14(23-13)16-15(21)20-8-5-6-11(20)12-9-10(2)19-22-12/h9,11H,3-8H2,1-2H3,(H,16,18,21)/t11-/m0/s1. The van der Waals surface area contributed by atoms with Gasteiger partial charge in [0, 0.05) is 19.0 Å². The molecule has 0 bridgehead atoms. The minimum Gasteiger partial charge on any atom is -0.359 e. The van der Waals surface area contributed by atoms with E-state index >= 15 is 0 Å². The van der Waals surface area contributed by atoms with Crippen LogP contribution in [0.25, 0.3) is 0 Å². The third-order valence-corrected chi connectivity index (χ3v) is 4.81. The molecule has 23 heavy (non-hydrogen) atoms. The molecule has 8 heteroatoms. The number of unbranched alkanes of at least 4 members (excludes halogenated alkanes) is 1. The minimum atomic E-state index is -0.153. The van der Waals surface area contributed by atoms with Crippen molar-refractivity contribution in [2.24, 2.45) is 0 Å². The van der Waals surface area contributed by atoms with E-state index in [4.69, 9.17) is 4.52 Å². The summed E-state index contributed by atoms with van der Waals surface area (Å²) < 4.78 is 5.33. The molecule has 2 amide bonds. The van der Waals surface area contributed by atoms with Crippen LogP contribution in [-0.4, -0.2) is 32.8 Å². The second kappa shape index (κ2) is 7.08. The van der Waals surface area contributed by atoms with Crippen LogP contribution in [0.3, 0.4) is 0 Å². The molecule has 1 atom stereocenters. The molecule has 1 N–H and O–H groups in total. The maximum atomic E-state index is 12.5. The van der Waals surface area contributed by atoms with Gasteiger partial charge < -0.3 is 9.42 Å². The van der Waals surface area contributed by atoms with Crippen molar-refractivity contribution in [3.05, 3.63) is 22.5 Å². The summed E-state index contributed by atoms with van der Waals surface area (Å²) in [5.41, 5.74) is 0.831. The zero-order chi connectivity index (χ0) is 16.2. The summed E-state index contributed by atoms with van der Waals surface area (Å²) in [5, 5.41) is 16.5. The summed E-state index contributed by atoms with van der Waals surface area (Å²) in [6.07, 6.45) is 4.96. The first-order valence-electron chi connectivity index (χ1n) is 8.00. The molecule has 0 radical (unpaired) electrons. The summed E-state index contributed by atoms with van der Waals surface area (Å²) in [4.78, 5) is 14.3. The van der Waals surface area contributed by atoms with E-state index < -0.39 is 0 Å². The van der Waals surface area contributed by atoms with E-state index in [2.05, 4.69) is 27.6 Å². The van der Waals surface area contributed by atoms with Gasteiger partial charge in [-0.2, -0.15) is 0 Å². The average Bonchev–Trinajstić information content (AvgIpc) is 3.24. The first-order chi connectivity index (χ1) is 11.2. The van der Waals surface area contributed by atoms with E-state index in [0.29, 0.717) is 11.7 Å². The van der Waals surface area contributed by atoms with Gasteiger partial charge in [0.25, 0.3) is 0 Å². The van der Waals surface area contributed by atoms with Crippen molar-refractivity contribution in [1.29, 1.82) is 0 Å². The Morgan fingerprint density at radius 1 is 1.52 bits per heavy atom. The lowest BCUT2D eigenvalue weighted by molar-refractivity contribution is 0.195. The van der Waals surface area contributed by atoms with Crippen LogP contribution < -0.4 is 5.32 Å². The van der Waals surface area contributed by atoms with Gasteiger partial charge in [-0.1, -0.05) is 29.8 Å². The highest BCUT2D eigenvalue weighted by atomic mass is 32.1. The molecule has 1 fully saturated rings. The first kappa shape index (κ1) is 15.9. The molecule has 0 aliphatic carbocycles. The highest BCUT2D eigenvalue weighted by Gasteiger charge is 2.33. The molecule has 0 saturated carbocycles. The fourth-order valence-corrected chi connectivity index (χ4v) is 3.51. The first-order valence-corrected chi connectivity index (χ1v) is 8.82. The number of rotatable bonds is 5. The third-order valence-electron chi connectivity index (χ3n) is 3.91. The number of anilines is 1. The summed E-state index contributed by atoms with van der Waals surface area (Å²) in [5.74, 6) is 0.746. The van der Waals surface area contributed by atoms with Crippen molar-refractivity contribution in [2.45, 2.75) is 52.0 Å². The molecule has 1 aliphatic rings. The fourth-order valence-electron chi connectivity index (χ4n) is 2.74. The zero-order valence-corrected chi connectivity index (χ0v) is 14.2. The number of likely N-dealkylation sites (tertiary alicyclic amines) is 1. The van der Waals surface area contributed by atoms with Crippen molar-refractivity contribution in [1.82, 2.24) is 20.3 Å². The third kappa shape index (κ3) is 3.69. The monoisotopic (exact) mass is 335 g/mol. The van der Waals surface area contributed by atoms with E-state index in [9.17, 15) is 4.79 Å². The number of hydrogen-bond donors (Lipinski definition) is 1. The van der Waals surface area contributed by atoms with Crippen LogP contribution >= 0.6 is 11.3 Å². The van der Waals surface area contributed by atoms with Crippen molar-refractivity contribution in [2.75, 3.05) is 11.9 Å². The molecule has 0 spiro atoms. The smallest absolute Gasteiger partial charge is 0.324 e. The minimum absolute atomic E-state index is 0.0521. The molecule has 0 aromatic carbocycles. The molecule has 2 aromatic rings. The summed E-state index contributed by atoms with van der Waals surface area (Å²) in [6.45, 7) is 4.73. The van der Waals surface area contributed by atoms with Crippen molar-refractivity contribution in [3.8, 4) is 0 Å². The normalized spacial score (nSPS) is 17.7. The number of hydrogen-bond acceptors (Lipinski definition) is 6. The Bertz CT molecular complexity index is 668. The number of nitrogens with one attached hydrogen (secondary N) is 1. The highest BCUT2D eigenvalue weighted by molar-refractivity contribution is 7.15. The van der Waals surface area contributed by atoms with Gasteiger partial charge in [0.15, 0.2) is 5.76 Å². The molecule has 124 valence electrons. The molecule has 0 unspecified atom stereocenters. The summed E-state index contributed by atoms with van der Waals surface area (Å²) >= 11 is 1.44. The maximum Gasteiger partial charge on any atom is 0.324 e. The van der Waals surface area contributed by atoms with Crippen LogP contribution in [0, 0.1) is 6.92 Å². The molecule has 1 saturated heterocycles. The highest BCUT2D eigenvalue weighted by Crippen LogP contribution is 2.32. The van der Waals surface area contributed by atoms with Gasteiger partial charge in [-0.3, -0.25) is 5.32 Å². The van der Waals surface area contributed by atoms with Crippen molar-refractivity contribution in [3.63, 3.8) is 0 Å². The molecular formula is C15H21N5O2S. The number of carbonyl (C=O) groups excluding carboxylic acids is 1. The Labute approximate surface area is 139 Å². The molecule has 1 aliphatic heterocycles. The van der Waals surface area contributed by atoms with Gasteiger partial charge in [0.05, 0.1) is 11.7 Å². The van der Waals surface area contributed by atoms with Gasteiger partial charge in [-0.05, 0) is 26.2 Å². The number of nitrogens with zero attached hydrogens (tertiary/aromatic N) is 4. The molecule has 3 rings (SSSR count). The molecule has 3 heterocycles. The predicted octanol–water partition coefficient (Wildman–Crippen LogP) is 3.55. The number of aryl methyl sites for hydroxylation is 2. The number of urea groups is 1. The van der Waals surface area contributed by atoms with Crippen molar-refractivity contribution >= 4 is 22.5 Å². The van der Waals surface area contributed by atoms with Crippen LogP contribution in [-0.2, 0) is 6.42 Å². The van der Waals surface area contributed by atoms with Crippen LogP contribution in [0.4, 0.5) is 9.93 Å². The van der Waals surface area contributed by atoms with Gasteiger partial charge in [-0.15, -0.1) is 10.2 Å². The summed E-state index contributed by atoms with van der Waals surface area (Å²) in [7, 11) is 0. The molecule has 7 nitrogen and oxygen atoms in total. The Morgan fingerprint density at radius 2 is 2.39 bits per heavy atom. The van der Waals surface area contributed by atoms with Crippen LogP contribution in [0.5, 0.6) is 0 Å². The number of carbonyl (C=O) groups is 1. The second-order valence-corrected chi connectivity index (χ2v) is 6.82. The Kier molecular flexibility index (Phi) is 4.90. The van der Waals surface area contributed by atoms with Crippen LogP contribution in [0.2, 0.25) is 0 Å². The number of amides is 2. The lowest BCUT2D eigenvalue weighted by atomic mass is 10.1. The van der Waals surface area contributed by atoms with E-state index in [1.165, 1.54) is 11.3 Å². The molecule has 2 aromatic heterocycles. The quantitative estimate of drug-likeness (QED) is 0.903. The van der Waals surface area contributed by atoms with Gasteiger partial charge in [0.1, 0.15) is 5.01 Å². The predicted molar refractivity (Wildman–Crippen MR) is 87.5 cm³/mol. The topological polar surface area (TPSA) is 84.2 Å². The average molecular weight is 335 g/mol. The second-order valence-electron chi connectivity index (χ2n) is 5.76. The SMILES string of the molecule is CCCCc1nnc(NC(=O)N2CCC[C@H]2c2cc(C)no2)s1. The summed E-state index contributed by atoms with van der Waals surface area (Å²) in [6, 6.07) is 1.69. The van der Waals surface area contributed by atoms with E-state index in [1.807, 2.05) is 13.0 Å². The Morgan fingerprint density at radius 3 is 3.13 bits per heavy atom. The van der Waals surface area contributed by atoms with Gasteiger partial charge in [0.2, 0.25) is 5.13 Å². The van der Waals surface area contributed by atoms with Crippen LogP contribution in [0.15, 0.2) is 10.6 Å². The lowest BCUT2D eigenvalue weighted by Crippen LogP contribution is -2.34.